The van der Waals surface area contributed by atoms with Gasteiger partial charge in [-0.3, -0.25) is 4.79 Å². The van der Waals surface area contributed by atoms with Crippen LogP contribution >= 0.6 is 11.8 Å². The molecular weight excluding hydrogens is 244 g/mol. The van der Waals surface area contributed by atoms with Gasteiger partial charge in [-0.15, -0.1) is 5.10 Å². The van der Waals surface area contributed by atoms with Gasteiger partial charge in [-0.05, 0) is 23.3 Å². The molecule has 1 saturated heterocycles. The Morgan fingerprint density at radius 1 is 1.71 bits per heavy atom. The van der Waals surface area contributed by atoms with Gasteiger partial charge in [0.15, 0.2) is 0 Å². The summed E-state index contributed by atoms with van der Waals surface area (Å²) in [4.78, 5) is 11.0. The molecule has 94 valence electrons. The minimum atomic E-state index is -0.290. The molecule has 0 bridgehead atoms. The van der Waals surface area contributed by atoms with Crippen molar-refractivity contribution in [2.75, 3.05) is 19.5 Å². The maximum absolute atomic E-state index is 11.0. The number of aromatic nitrogens is 4. The van der Waals surface area contributed by atoms with E-state index in [1.54, 1.807) is 4.68 Å². The van der Waals surface area contributed by atoms with E-state index in [-0.39, 0.29) is 17.8 Å². The van der Waals surface area contributed by atoms with Crippen molar-refractivity contribution in [3.8, 4) is 0 Å². The fourth-order valence-electron chi connectivity index (χ4n) is 1.58. The Labute approximate surface area is 103 Å². The second kappa shape index (κ2) is 5.97. The van der Waals surface area contributed by atoms with Crippen molar-refractivity contribution >= 4 is 17.7 Å². The Hall–Kier alpha value is -1.15. The van der Waals surface area contributed by atoms with E-state index in [1.165, 1.54) is 18.9 Å². The second-order valence-corrected chi connectivity index (χ2v) is 4.59. The molecule has 0 saturated carbocycles. The first-order valence-corrected chi connectivity index (χ1v) is 6.35. The van der Waals surface area contributed by atoms with Crippen molar-refractivity contribution in [3.63, 3.8) is 0 Å². The predicted molar refractivity (Wildman–Crippen MR) is 59.5 cm³/mol. The van der Waals surface area contributed by atoms with Gasteiger partial charge in [0.05, 0.1) is 25.5 Å². The van der Waals surface area contributed by atoms with Crippen LogP contribution in [0.15, 0.2) is 5.16 Å². The molecule has 1 aromatic rings. The van der Waals surface area contributed by atoms with Crippen molar-refractivity contribution in [1.29, 1.82) is 0 Å². The molecule has 0 radical (unpaired) electrons. The number of methoxy groups -OCH3 is 1. The maximum Gasteiger partial charge on any atom is 0.316 e. The summed E-state index contributed by atoms with van der Waals surface area (Å²) in [5.41, 5.74) is 0. The number of hydrogen-bond donors (Lipinski definition) is 0. The molecule has 1 fully saturated rings. The number of esters is 1. The summed E-state index contributed by atoms with van der Waals surface area (Å²) in [5, 5.41) is 12.0. The molecule has 0 amide bonds. The average Bonchev–Trinajstić information content (AvgIpc) is 2.98. The number of thioether (sulfide) groups is 1. The number of ether oxygens (including phenoxy) is 2. The molecule has 1 atom stereocenters. The molecule has 0 aromatic carbocycles. The van der Waals surface area contributed by atoms with Crippen molar-refractivity contribution in [3.05, 3.63) is 0 Å². The molecular formula is C9H14N4O3S. The molecule has 1 aliphatic heterocycles. The summed E-state index contributed by atoms with van der Waals surface area (Å²) in [5.74, 6) is -0.0794. The highest BCUT2D eigenvalue weighted by molar-refractivity contribution is 7.99. The summed E-state index contributed by atoms with van der Waals surface area (Å²) < 4.78 is 11.7. The highest BCUT2D eigenvalue weighted by Gasteiger charge is 2.19. The number of hydrogen-bond acceptors (Lipinski definition) is 7. The van der Waals surface area contributed by atoms with Crippen molar-refractivity contribution < 1.29 is 14.3 Å². The zero-order chi connectivity index (χ0) is 12.1. The first kappa shape index (κ1) is 12.3. The molecule has 0 N–H and O–H groups in total. The molecule has 0 spiro atoms. The van der Waals surface area contributed by atoms with Gasteiger partial charge in [-0.25, -0.2) is 4.68 Å². The zero-order valence-electron chi connectivity index (χ0n) is 9.53. The van der Waals surface area contributed by atoms with Gasteiger partial charge in [0, 0.05) is 6.61 Å². The smallest absolute Gasteiger partial charge is 0.316 e. The summed E-state index contributed by atoms with van der Waals surface area (Å²) >= 11 is 1.27. The first-order valence-electron chi connectivity index (χ1n) is 5.37. The lowest BCUT2D eigenvalue weighted by Crippen LogP contribution is -2.17. The van der Waals surface area contributed by atoms with Crippen LogP contribution < -0.4 is 0 Å². The highest BCUT2D eigenvalue weighted by atomic mass is 32.2. The summed E-state index contributed by atoms with van der Waals surface area (Å²) in [6, 6.07) is 0. The van der Waals surface area contributed by atoms with E-state index in [9.17, 15) is 4.79 Å². The van der Waals surface area contributed by atoms with Crippen molar-refractivity contribution in [1.82, 2.24) is 20.2 Å². The van der Waals surface area contributed by atoms with Crippen molar-refractivity contribution in [2.24, 2.45) is 0 Å². The van der Waals surface area contributed by atoms with E-state index >= 15 is 0 Å². The molecule has 1 aliphatic rings. The van der Waals surface area contributed by atoms with Crippen LogP contribution in [-0.4, -0.2) is 51.8 Å². The lowest BCUT2D eigenvalue weighted by molar-refractivity contribution is -0.137. The molecule has 7 nitrogen and oxygen atoms in total. The van der Waals surface area contributed by atoms with Crippen LogP contribution in [0.1, 0.15) is 12.8 Å². The predicted octanol–water partition coefficient (Wildman–Crippen LogP) is 0.117. The quantitative estimate of drug-likeness (QED) is 0.548. The Morgan fingerprint density at radius 2 is 2.59 bits per heavy atom. The van der Waals surface area contributed by atoms with E-state index in [1.807, 2.05) is 0 Å². The molecule has 0 unspecified atom stereocenters. The van der Waals surface area contributed by atoms with Gasteiger partial charge < -0.3 is 9.47 Å². The van der Waals surface area contributed by atoms with Gasteiger partial charge in [0.2, 0.25) is 5.16 Å². The Kier molecular flexibility index (Phi) is 4.32. The number of carbonyl (C=O) groups is 1. The van der Waals surface area contributed by atoms with Gasteiger partial charge in [0.25, 0.3) is 0 Å². The Balaban J connectivity index is 1.89. The monoisotopic (exact) mass is 258 g/mol. The average molecular weight is 258 g/mol. The van der Waals surface area contributed by atoms with Crippen LogP contribution in [0.25, 0.3) is 0 Å². The number of carbonyl (C=O) groups excluding carboxylic acids is 1. The lowest BCUT2D eigenvalue weighted by Gasteiger charge is -2.09. The molecule has 17 heavy (non-hydrogen) atoms. The molecule has 2 rings (SSSR count). The van der Waals surface area contributed by atoms with Crippen LogP contribution in [0.2, 0.25) is 0 Å². The number of nitrogens with zero attached hydrogens (tertiary/aromatic N) is 4. The van der Waals surface area contributed by atoms with Gasteiger partial charge >= 0.3 is 5.97 Å². The van der Waals surface area contributed by atoms with Crippen LogP contribution in [0.5, 0.6) is 0 Å². The van der Waals surface area contributed by atoms with Crippen molar-refractivity contribution in [2.45, 2.75) is 30.6 Å². The highest BCUT2D eigenvalue weighted by Crippen LogP contribution is 2.18. The first-order chi connectivity index (χ1) is 8.29. The third kappa shape index (κ3) is 3.40. The van der Waals surface area contributed by atoms with Crippen LogP contribution in [-0.2, 0) is 20.8 Å². The van der Waals surface area contributed by atoms with E-state index in [4.69, 9.17) is 4.74 Å². The molecule has 8 heteroatoms. The van der Waals surface area contributed by atoms with Gasteiger partial charge in [0.1, 0.15) is 0 Å². The van der Waals surface area contributed by atoms with Crippen LogP contribution in [0.3, 0.4) is 0 Å². The normalized spacial score (nSPS) is 19.5. The maximum atomic E-state index is 11.0. The van der Waals surface area contributed by atoms with Crippen LogP contribution in [0.4, 0.5) is 0 Å². The minimum absolute atomic E-state index is 0.177. The standard InChI is InChI=1S/C9H14N4O3S/c1-15-8(14)6-17-9-10-11-12-13(9)5-7-3-2-4-16-7/h7H,2-6H2,1H3/t7-/m1/s1. The van der Waals surface area contributed by atoms with E-state index in [0.29, 0.717) is 11.7 Å². The third-order valence-corrected chi connectivity index (χ3v) is 3.38. The van der Waals surface area contributed by atoms with E-state index in [0.717, 1.165) is 19.4 Å². The summed E-state index contributed by atoms with van der Waals surface area (Å²) in [6.07, 6.45) is 2.29. The zero-order valence-corrected chi connectivity index (χ0v) is 10.4. The lowest BCUT2D eigenvalue weighted by atomic mass is 10.2. The van der Waals surface area contributed by atoms with E-state index < -0.39 is 0 Å². The third-order valence-electron chi connectivity index (χ3n) is 2.45. The molecule has 2 heterocycles. The Bertz CT molecular complexity index is 378. The molecule has 0 aliphatic carbocycles. The molecule has 1 aromatic heterocycles. The summed E-state index contributed by atoms with van der Waals surface area (Å²) in [6.45, 7) is 1.44. The summed E-state index contributed by atoms with van der Waals surface area (Å²) in [7, 11) is 1.36. The minimum Gasteiger partial charge on any atom is -0.468 e. The SMILES string of the molecule is COC(=O)CSc1nnnn1C[C@H]1CCCO1. The second-order valence-electron chi connectivity index (χ2n) is 3.64. The topological polar surface area (TPSA) is 79.1 Å². The largest absolute Gasteiger partial charge is 0.468 e. The fraction of sp³-hybridized carbons (Fsp3) is 0.778. The van der Waals surface area contributed by atoms with E-state index in [2.05, 4.69) is 20.3 Å². The van der Waals surface area contributed by atoms with Crippen LogP contribution in [0, 0.1) is 0 Å². The van der Waals surface area contributed by atoms with Gasteiger partial charge in [-0.1, -0.05) is 11.8 Å². The number of tetrazole rings is 1. The Morgan fingerprint density at radius 3 is 3.29 bits per heavy atom. The number of rotatable bonds is 5. The van der Waals surface area contributed by atoms with Gasteiger partial charge in [-0.2, -0.15) is 0 Å². The fourth-order valence-corrected chi connectivity index (χ4v) is 2.30.